The van der Waals surface area contributed by atoms with Gasteiger partial charge in [-0.2, -0.15) is 8.78 Å². The number of carbonyl (C=O) groups excluding carboxylic acids is 2. The molecule has 3 aromatic carbocycles. The van der Waals surface area contributed by atoms with Crippen molar-refractivity contribution in [3.8, 4) is 22.6 Å². The zero-order chi connectivity index (χ0) is 23.8. The third kappa shape index (κ3) is 6.92. The van der Waals surface area contributed by atoms with Crippen molar-refractivity contribution in [2.24, 2.45) is 0 Å². The second-order valence-corrected chi connectivity index (χ2v) is 7.32. The highest BCUT2D eigenvalue weighted by Gasteiger charge is 2.14. The molecule has 0 saturated heterocycles. The third-order valence-electron chi connectivity index (χ3n) is 4.62. The number of carbonyl (C=O) groups is 2. The number of rotatable bonds is 9. The molecule has 0 saturated carbocycles. The van der Waals surface area contributed by atoms with Crippen LogP contribution in [0.15, 0.2) is 66.7 Å². The second kappa shape index (κ2) is 11.3. The number of methoxy groups -OCH3 is 1. The number of halogens is 3. The molecule has 0 aliphatic carbocycles. The molecular weight excluding hydrogens is 454 g/mol. The Bertz CT molecular complexity index is 1110. The lowest BCUT2D eigenvalue weighted by Gasteiger charge is -2.14. The van der Waals surface area contributed by atoms with E-state index < -0.39 is 6.61 Å². The Hall–Kier alpha value is -3.65. The first-order valence-corrected chi connectivity index (χ1v) is 10.3. The normalized spacial score (nSPS) is 10.6. The molecule has 172 valence electrons. The lowest BCUT2D eigenvalue weighted by atomic mass is 10.0. The summed E-state index contributed by atoms with van der Waals surface area (Å²) in [5.41, 5.74) is 1.82. The van der Waals surface area contributed by atoms with Gasteiger partial charge in [-0.3, -0.25) is 9.59 Å². The van der Waals surface area contributed by atoms with Crippen LogP contribution in [0.2, 0.25) is 5.02 Å². The standard InChI is InChI=1S/C24H21ClF2N2O4/c1-32-19-9-4-15(5-10-19)20-14-18(8-11-21(20)33-24(26)27)29-22(30)12-13-28-23(31)16-2-6-17(25)7-3-16/h2-11,14,24H,12-13H2,1H3,(H,28,31)(H,29,30). The van der Waals surface area contributed by atoms with Crippen molar-refractivity contribution in [1.29, 1.82) is 0 Å². The summed E-state index contributed by atoms with van der Waals surface area (Å²) in [4.78, 5) is 24.4. The van der Waals surface area contributed by atoms with Crippen LogP contribution in [0.1, 0.15) is 16.8 Å². The van der Waals surface area contributed by atoms with Crippen molar-refractivity contribution in [3.05, 3.63) is 77.3 Å². The van der Waals surface area contributed by atoms with Crippen LogP contribution in [0, 0.1) is 0 Å². The van der Waals surface area contributed by atoms with Crippen molar-refractivity contribution >= 4 is 29.1 Å². The zero-order valence-corrected chi connectivity index (χ0v) is 18.4. The first-order chi connectivity index (χ1) is 15.9. The Morgan fingerprint density at radius 3 is 2.33 bits per heavy atom. The van der Waals surface area contributed by atoms with Crippen LogP contribution in [-0.4, -0.2) is 32.1 Å². The third-order valence-corrected chi connectivity index (χ3v) is 4.88. The van der Waals surface area contributed by atoms with Crippen LogP contribution in [0.4, 0.5) is 14.5 Å². The summed E-state index contributed by atoms with van der Waals surface area (Å²) in [6, 6.07) is 17.5. The minimum absolute atomic E-state index is 0.0203. The molecule has 9 heteroatoms. The van der Waals surface area contributed by atoms with Gasteiger partial charge in [-0.15, -0.1) is 0 Å². The molecule has 3 aromatic rings. The molecule has 0 heterocycles. The van der Waals surface area contributed by atoms with Gasteiger partial charge < -0.3 is 20.1 Å². The van der Waals surface area contributed by atoms with Crippen molar-refractivity contribution < 1.29 is 27.8 Å². The number of anilines is 1. The molecule has 0 aromatic heterocycles. The van der Waals surface area contributed by atoms with Crippen molar-refractivity contribution in [2.45, 2.75) is 13.0 Å². The smallest absolute Gasteiger partial charge is 0.387 e. The van der Waals surface area contributed by atoms with E-state index in [1.807, 2.05) is 0 Å². The zero-order valence-electron chi connectivity index (χ0n) is 17.6. The van der Waals surface area contributed by atoms with Crippen LogP contribution in [0.5, 0.6) is 11.5 Å². The molecule has 0 aliphatic heterocycles. The Balaban J connectivity index is 1.65. The van der Waals surface area contributed by atoms with Crippen LogP contribution in [0.25, 0.3) is 11.1 Å². The molecule has 0 atom stereocenters. The Morgan fingerprint density at radius 2 is 1.70 bits per heavy atom. The number of hydrogen-bond donors (Lipinski definition) is 2. The Labute approximate surface area is 194 Å². The maximum absolute atomic E-state index is 12.8. The van der Waals surface area contributed by atoms with Gasteiger partial charge >= 0.3 is 6.61 Å². The van der Waals surface area contributed by atoms with E-state index >= 15 is 0 Å². The summed E-state index contributed by atoms with van der Waals surface area (Å²) in [6.07, 6.45) is 0.0203. The van der Waals surface area contributed by atoms with Crippen LogP contribution in [0.3, 0.4) is 0 Å². The predicted octanol–water partition coefficient (Wildman–Crippen LogP) is 5.38. The molecule has 0 bridgehead atoms. The molecule has 2 N–H and O–H groups in total. The van der Waals surface area contributed by atoms with E-state index in [0.717, 1.165) is 0 Å². The lowest BCUT2D eigenvalue weighted by molar-refractivity contribution is -0.116. The second-order valence-electron chi connectivity index (χ2n) is 6.88. The van der Waals surface area contributed by atoms with Crippen LogP contribution >= 0.6 is 11.6 Å². The van der Waals surface area contributed by atoms with E-state index in [-0.39, 0.29) is 30.5 Å². The molecule has 0 fully saturated rings. The number of hydrogen-bond acceptors (Lipinski definition) is 4. The van der Waals surface area contributed by atoms with Crippen LogP contribution in [-0.2, 0) is 4.79 Å². The maximum Gasteiger partial charge on any atom is 0.387 e. The fourth-order valence-electron chi connectivity index (χ4n) is 3.02. The molecule has 6 nitrogen and oxygen atoms in total. The highest BCUT2D eigenvalue weighted by Crippen LogP contribution is 2.34. The molecule has 3 rings (SSSR count). The van der Waals surface area contributed by atoms with Crippen molar-refractivity contribution in [2.75, 3.05) is 19.0 Å². The Kier molecular flexibility index (Phi) is 8.21. The van der Waals surface area contributed by atoms with Gasteiger partial charge in [0, 0.05) is 34.8 Å². The summed E-state index contributed by atoms with van der Waals surface area (Å²) >= 11 is 5.80. The molecule has 0 aliphatic rings. The minimum Gasteiger partial charge on any atom is -0.497 e. The average Bonchev–Trinajstić information content (AvgIpc) is 2.80. The van der Waals surface area contributed by atoms with E-state index in [1.54, 1.807) is 54.6 Å². The number of amides is 2. The lowest BCUT2D eigenvalue weighted by Crippen LogP contribution is -2.27. The highest BCUT2D eigenvalue weighted by atomic mass is 35.5. The van der Waals surface area contributed by atoms with Gasteiger partial charge in [-0.05, 0) is 60.2 Å². The number of nitrogens with one attached hydrogen (secondary N) is 2. The first-order valence-electron chi connectivity index (χ1n) is 9.92. The van der Waals surface area contributed by atoms with Gasteiger partial charge in [0.25, 0.3) is 5.91 Å². The first kappa shape index (κ1) is 24.0. The van der Waals surface area contributed by atoms with E-state index in [1.165, 1.54) is 19.2 Å². The van der Waals surface area contributed by atoms with E-state index in [9.17, 15) is 18.4 Å². The summed E-state index contributed by atoms with van der Waals surface area (Å²) in [7, 11) is 1.52. The van der Waals surface area contributed by atoms with Gasteiger partial charge in [0.1, 0.15) is 11.5 Å². The van der Waals surface area contributed by atoms with Gasteiger partial charge in [-0.1, -0.05) is 23.7 Å². The summed E-state index contributed by atoms with van der Waals surface area (Å²) in [6.45, 7) is -2.88. The van der Waals surface area contributed by atoms with Crippen LogP contribution < -0.4 is 20.1 Å². The summed E-state index contributed by atoms with van der Waals surface area (Å²) in [5, 5.41) is 5.87. The van der Waals surface area contributed by atoms with Gasteiger partial charge in [0.05, 0.1) is 7.11 Å². The largest absolute Gasteiger partial charge is 0.497 e. The van der Waals surface area contributed by atoms with Crippen molar-refractivity contribution in [1.82, 2.24) is 5.32 Å². The SMILES string of the molecule is COc1ccc(-c2cc(NC(=O)CCNC(=O)c3ccc(Cl)cc3)ccc2OC(F)F)cc1. The highest BCUT2D eigenvalue weighted by molar-refractivity contribution is 6.30. The molecule has 0 radical (unpaired) electrons. The van der Waals surface area contributed by atoms with Gasteiger partial charge in [0.15, 0.2) is 0 Å². The molecule has 0 unspecified atom stereocenters. The fraction of sp³-hybridized carbons (Fsp3) is 0.167. The quantitative estimate of drug-likeness (QED) is 0.437. The average molecular weight is 475 g/mol. The van der Waals surface area contributed by atoms with Crippen molar-refractivity contribution in [3.63, 3.8) is 0 Å². The maximum atomic E-state index is 12.8. The monoisotopic (exact) mass is 474 g/mol. The number of ether oxygens (including phenoxy) is 2. The van der Waals surface area contributed by atoms with E-state index in [0.29, 0.717) is 33.1 Å². The minimum atomic E-state index is -2.99. The summed E-state index contributed by atoms with van der Waals surface area (Å²) in [5.74, 6) is -0.0899. The molecule has 0 spiro atoms. The topological polar surface area (TPSA) is 76.7 Å². The van der Waals surface area contributed by atoms with Gasteiger partial charge in [-0.25, -0.2) is 0 Å². The number of alkyl halides is 2. The molecular formula is C24H21ClF2N2O4. The molecule has 2 amide bonds. The van der Waals surface area contributed by atoms with E-state index in [2.05, 4.69) is 15.4 Å². The Morgan fingerprint density at radius 1 is 1.00 bits per heavy atom. The van der Waals surface area contributed by atoms with E-state index in [4.69, 9.17) is 16.3 Å². The van der Waals surface area contributed by atoms with Gasteiger partial charge in [0.2, 0.25) is 5.91 Å². The number of benzene rings is 3. The summed E-state index contributed by atoms with van der Waals surface area (Å²) < 4.78 is 35.4. The predicted molar refractivity (Wildman–Crippen MR) is 122 cm³/mol. The molecule has 33 heavy (non-hydrogen) atoms. The fourth-order valence-corrected chi connectivity index (χ4v) is 3.15.